The van der Waals surface area contributed by atoms with Crippen molar-refractivity contribution in [3.8, 4) is 0 Å². The second-order valence-electron chi connectivity index (χ2n) is 9.97. The van der Waals surface area contributed by atoms with Crippen LogP contribution < -0.4 is 5.32 Å². The van der Waals surface area contributed by atoms with Crippen LogP contribution in [-0.4, -0.2) is 45.2 Å². The number of aryl methyl sites for hydroxylation is 3. The zero-order valence-electron chi connectivity index (χ0n) is 21.8. The fraction of sp³-hybridized carbons (Fsp3) is 0.321. The summed E-state index contributed by atoms with van der Waals surface area (Å²) in [5.41, 5.74) is 3.99. The topological polar surface area (TPSA) is 123 Å². The van der Waals surface area contributed by atoms with Crippen LogP contribution >= 0.6 is 0 Å². The van der Waals surface area contributed by atoms with E-state index in [2.05, 4.69) is 20.3 Å². The normalized spacial score (nSPS) is 17.4. The second kappa shape index (κ2) is 9.43. The zero-order chi connectivity index (χ0) is 27.2. The summed E-state index contributed by atoms with van der Waals surface area (Å²) in [6.07, 6.45) is 6.57. The molecule has 0 saturated carbocycles. The molecule has 1 atom stereocenters. The van der Waals surface area contributed by atoms with Gasteiger partial charge in [-0.1, -0.05) is 19.1 Å². The van der Waals surface area contributed by atoms with Crippen molar-refractivity contribution in [3.63, 3.8) is 0 Å². The summed E-state index contributed by atoms with van der Waals surface area (Å²) >= 11 is 0. The van der Waals surface area contributed by atoms with Gasteiger partial charge in [-0.05, 0) is 62.9 Å². The predicted octanol–water partition coefficient (Wildman–Crippen LogP) is 3.80. The lowest BCUT2D eigenvalue weighted by Gasteiger charge is -2.33. The lowest BCUT2D eigenvalue weighted by atomic mass is 9.70. The Bertz CT molecular complexity index is 1690. The molecule has 1 aliphatic rings. The van der Waals surface area contributed by atoms with Gasteiger partial charge >= 0.3 is 0 Å². The summed E-state index contributed by atoms with van der Waals surface area (Å²) in [5.74, 6) is 0.0787. The molecule has 1 amide bonds. The van der Waals surface area contributed by atoms with E-state index in [0.717, 1.165) is 11.3 Å². The highest BCUT2D eigenvalue weighted by atomic mass is 32.2. The van der Waals surface area contributed by atoms with Crippen LogP contribution in [0.25, 0.3) is 5.65 Å². The van der Waals surface area contributed by atoms with Gasteiger partial charge in [0.05, 0.1) is 39.6 Å². The van der Waals surface area contributed by atoms with Crippen LogP contribution in [0.5, 0.6) is 0 Å². The summed E-state index contributed by atoms with van der Waals surface area (Å²) in [7, 11) is -3.29. The molecule has 0 radical (unpaired) electrons. The van der Waals surface area contributed by atoms with Crippen LogP contribution in [0.3, 0.4) is 0 Å². The molecular weight excluding hydrogens is 502 g/mol. The molecule has 0 aliphatic heterocycles. The average molecular weight is 532 g/mol. The van der Waals surface area contributed by atoms with Crippen LogP contribution in [0.15, 0.2) is 53.8 Å². The fourth-order valence-corrected chi connectivity index (χ4v) is 5.95. The summed E-state index contributed by atoms with van der Waals surface area (Å²) in [6, 6.07) is 8.04. The molecular formula is C28H29N5O4S. The van der Waals surface area contributed by atoms with Crippen molar-refractivity contribution in [2.75, 3.05) is 11.1 Å². The van der Waals surface area contributed by atoms with Crippen LogP contribution in [0.2, 0.25) is 0 Å². The molecule has 4 aromatic rings. The maximum Gasteiger partial charge on any atom is 0.229 e. The number of ketones is 1. The van der Waals surface area contributed by atoms with Crippen molar-refractivity contribution in [2.45, 2.75) is 57.3 Å². The molecule has 0 bridgehead atoms. The number of benzene rings is 1. The number of Topliss-reactive ketones (excluding diaryl/α,β-unsaturated/α-hetero) is 1. The van der Waals surface area contributed by atoms with E-state index in [1.807, 2.05) is 37.6 Å². The first-order valence-corrected chi connectivity index (χ1v) is 14.1. The van der Waals surface area contributed by atoms with E-state index in [-0.39, 0.29) is 28.8 Å². The number of rotatable bonds is 6. The number of sulfone groups is 1. The standard InChI is InChI=1S/C28H29N5O4S/c1-5-38(36,37)20-8-6-19(7-9-20)15-23(34)32-22-14-17(2)24-21(31-22)10-11-28(4,26(24)35)25-27-30-18(3)16-33(27)13-12-29-25/h6-9,12-14,16H,5,10-11,15H2,1-4H3,(H,31,32,34). The molecule has 10 heteroatoms. The number of nitrogens with one attached hydrogen (secondary N) is 1. The van der Waals surface area contributed by atoms with Gasteiger partial charge < -0.3 is 9.72 Å². The fourth-order valence-electron chi connectivity index (χ4n) is 5.06. The minimum Gasteiger partial charge on any atom is -0.310 e. The molecule has 5 rings (SSSR count). The lowest BCUT2D eigenvalue weighted by Crippen LogP contribution is -2.39. The maximum absolute atomic E-state index is 13.9. The van der Waals surface area contributed by atoms with Gasteiger partial charge in [0, 0.05) is 24.2 Å². The number of carbonyl (C=O) groups excluding carboxylic acids is 2. The third kappa shape index (κ3) is 4.49. The largest absolute Gasteiger partial charge is 0.310 e. The van der Waals surface area contributed by atoms with E-state index < -0.39 is 15.3 Å². The molecule has 3 heterocycles. The van der Waals surface area contributed by atoms with E-state index in [1.54, 1.807) is 31.3 Å². The highest BCUT2D eigenvalue weighted by Crippen LogP contribution is 2.40. The number of fused-ring (bicyclic) bond motifs is 2. The van der Waals surface area contributed by atoms with E-state index in [9.17, 15) is 18.0 Å². The minimum absolute atomic E-state index is 0.0209. The third-order valence-corrected chi connectivity index (χ3v) is 8.94. The van der Waals surface area contributed by atoms with Gasteiger partial charge in [-0.3, -0.25) is 14.6 Å². The second-order valence-corrected chi connectivity index (χ2v) is 12.2. The van der Waals surface area contributed by atoms with Gasteiger partial charge in [0.25, 0.3) is 0 Å². The van der Waals surface area contributed by atoms with Crippen LogP contribution in [0.4, 0.5) is 5.82 Å². The maximum atomic E-state index is 13.9. The number of aromatic nitrogens is 4. The number of amides is 1. The molecule has 0 spiro atoms. The highest BCUT2D eigenvalue weighted by molar-refractivity contribution is 7.91. The van der Waals surface area contributed by atoms with Gasteiger partial charge in [0.1, 0.15) is 5.82 Å². The molecule has 3 aromatic heterocycles. The Morgan fingerprint density at radius 1 is 1.16 bits per heavy atom. The van der Waals surface area contributed by atoms with Gasteiger partial charge in [0.2, 0.25) is 5.91 Å². The molecule has 1 N–H and O–H groups in total. The molecule has 0 saturated heterocycles. The van der Waals surface area contributed by atoms with E-state index in [4.69, 9.17) is 0 Å². The summed E-state index contributed by atoms with van der Waals surface area (Å²) in [6.45, 7) is 7.26. The van der Waals surface area contributed by atoms with Crippen molar-refractivity contribution >= 4 is 33.0 Å². The first kappa shape index (κ1) is 25.7. The number of nitrogens with zero attached hydrogens (tertiary/aromatic N) is 4. The van der Waals surface area contributed by atoms with Gasteiger partial charge in [0.15, 0.2) is 21.3 Å². The summed E-state index contributed by atoms with van der Waals surface area (Å²) in [5, 5.41) is 2.83. The number of anilines is 1. The SMILES string of the molecule is CCS(=O)(=O)c1ccc(CC(=O)Nc2cc(C)c3c(n2)CCC(C)(c2nccn4cc(C)nc24)C3=O)cc1. The Labute approximate surface area is 221 Å². The number of carbonyl (C=O) groups is 2. The number of imidazole rings is 1. The summed E-state index contributed by atoms with van der Waals surface area (Å²) in [4.78, 5) is 40.6. The molecule has 1 aromatic carbocycles. The molecule has 1 unspecified atom stereocenters. The van der Waals surface area contributed by atoms with Crippen molar-refractivity contribution in [1.29, 1.82) is 0 Å². The Morgan fingerprint density at radius 2 is 1.89 bits per heavy atom. The quantitative estimate of drug-likeness (QED) is 0.401. The lowest BCUT2D eigenvalue weighted by molar-refractivity contribution is -0.115. The van der Waals surface area contributed by atoms with Gasteiger partial charge in [-0.15, -0.1) is 0 Å². The molecule has 0 fully saturated rings. The number of hydrogen-bond acceptors (Lipinski definition) is 7. The minimum atomic E-state index is -3.29. The van der Waals surface area contributed by atoms with Crippen LogP contribution in [0, 0.1) is 13.8 Å². The van der Waals surface area contributed by atoms with Crippen LogP contribution in [0.1, 0.15) is 58.8 Å². The molecule has 9 nitrogen and oxygen atoms in total. The van der Waals surface area contributed by atoms with Crippen LogP contribution in [-0.2, 0) is 32.9 Å². The Balaban J connectivity index is 1.37. The predicted molar refractivity (Wildman–Crippen MR) is 143 cm³/mol. The van der Waals surface area contributed by atoms with Crippen molar-refractivity contribution < 1.29 is 18.0 Å². The highest BCUT2D eigenvalue weighted by Gasteiger charge is 2.44. The summed E-state index contributed by atoms with van der Waals surface area (Å²) < 4.78 is 25.9. The van der Waals surface area contributed by atoms with Crippen molar-refractivity contribution in [2.24, 2.45) is 0 Å². The smallest absolute Gasteiger partial charge is 0.229 e. The number of pyridine rings is 1. The Hall–Kier alpha value is -3.92. The first-order valence-electron chi connectivity index (χ1n) is 12.5. The zero-order valence-corrected chi connectivity index (χ0v) is 22.6. The average Bonchev–Trinajstić information content (AvgIpc) is 3.26. The molecule has 1 aliphatic carbocycles. The van der Waals surface area contributed by atoms with Gasteiger partial charge in [-0.25, -0.2) is 18.4 Å². The Kier molecular flexibility index (Phi) is 6.38. The molecule has 38 heavy (non-hydrogen) atoms. The first-order chi connectivity index (χ1) is 18.0. The van der Waals surface area contributed by atoms with E-state index in [1.165, 1.54) is 12.1 Å². The third-order valence-electron chi connectivity index (χ3n) is 7.19. The van der Waals surface area contributed by atoms with Crippen molar-refractivity contribution in [1.82, 2.24) is 19.4 Å². The monoisotopic (exact) mass is 531 g/mol. The van der Waals surface area contributed by atoms with E-state index in [0.29, 0.717) is 46.8 Å². The Morgan fingerprint density at radius 3 is 2.61 bits per heavy atom. The molecule has 196 valence electrons. The van der Waals surface area contributed by atoms with Gasteiger partial charge in [-0.2, -0.15) is 0 Å². The van der Waals surface area contributed by atoms with Crippen molar-refractivity contribution in [3.05, 3.63) is 82.7 Å². The van der Waals surface area contributed by atoms with E-state index >= 15 is 0 Å². The number of hydrogen-bond donors (Lipinski definition) is 1.